The van der Waals surface area contributed by atoms with Gasteiger partial charge in [0.05, 0.1) is 17.3 Å². The molecule has 3 aromatic heterocycles. The van der Waals surface area contributed by atoms with Gasteiger partial charge in [0.25, 0.3) is 0 Å². The molecule has 1 aliphatic rings. The summed E-state index contributed by atoms with van der Waals surface area (Å²) in [7, 11) is 0. The van der Waals surface area contributed by atoms with E-state index >= 15 is 0 Å². The molecule has 10 nitrogen and oxygen atoms in total. The summed E-state index contributed by atoms with van der Waals surface area (Å²) in [4.78, 5) is 47.7. The fourth-order valence-corrected chi connectivity index (χ4v) is 4.76. The number of rotatable bonds is 7. The second kappa shape index (κ2) is 9.68. The van der Waals surface area contributed by atoms with Gasteiger partial charge in [-0.05, 0) is 37.0 Å². The van der Waals surface area contributed by atoms with Gasteiger partial charge in [-0.25, -0.2) is 9.97 Å². The standard InChI is InChI=1S/C27H28N6O4/c1-15(2)23-9-25(37-31-23)19-7-21(14-34)32(12-19)26(36)13-33-24-6-5-18(20-10-28-17(4)29-11-20)8-22(24)27(30-33)16(3)35/h5-6,8-11,14-15,19,21H,7,12-13H2,1-4H3. The third kappa shape index (κ3) is 4.66. The number of aromatic nitrogens is 5. The first-order valence-corrected chi connectivity index (χ1v) is 12.3. The lowest BCUT2D eigenvalue weighted by Gasteiger charge is -2.20. The Morgan fingerprint density at radius 2 is 1.92 bits per heavy atom. The van der Waals surface area contributed by atoms with Gasteiger partial charge in [-0.1, -0.05) is 25.1 Å². The summed E-state index contributed by atoms with van der Waals surface area (Å²) >= 11 is 0. The number of aryl methyl sites for hydroxylation is 1. The first-order valence-electron chi connectivity index (χ1n) is 12.3. The molecule has 4 aromatic rings. The molecule has 1 amide bonds. The predicted octanol–water partition coefficient (Wildman–Crippen LogP) is 3.70. The highest BCUT2D eigenvalue weighted by Crippen LogP contribution is 2.33. The number of ketones is 1. The second-order valence-corrected chi connectivity index (χ2v) is 9.80. The van der Waals surface area contributed by atoms with Crippen LogP contribution in [0.5, 0.6) is 0 Å². The molecule has 37 heavy (non-hydrogen) atoms. The van der Waals surface area contributed by atoms with E-state index in [9.17, 15) is 14.4 Å². The van der Waals surface area contributed by atoms with Crippen molar-refractivity contribution in [3.05, 3.63) is 59.6 Å². The number of carbonyl (C=O) groups excluding carboxylic acids is 3. The zero-order chi connectivity index (χ0) is 26.3. The molecule has 2 unspecified atom stereocenters. The zero-order valence-corrected chi connectivity index (χ0v) is 21.2. The van der Waals surface area contributed by atoms with Crippen molar-refractivity contribution >= 4 is 28.9 Å². The number of carbonyl (C=O) groups is 3. The summed E-state index contributed by atoms with van der Waals surface area (Å²) in [6.07, 6.45) is 4.73. The highest BCUT2D eigenvalue weighted by Gasteiger charge is 2.38. The Balaban J connectivity index is 1.41. The van der Waals surface area contributed by atoms with Crippen molar-refractivity contribution in [2.24, 2.45) is 0 Å². The van der Waals surface area contributed by atoms with Crippen LogP contribution in [0, 0.1) is 6.92 Å². The number of aldehydes is 1. The molecule has 1 aromatic carbocycles. The summed E-state index contributed by atoms with van der Waals surface area (Å²) in [5.74, 6) is 1.01. The molecule has 190 valence electrons. The van der Waals surface area contributed by atoms with E-state index < -0.39 is 6.04 Å². The number of fused-ring (bicyclic) bond motifs is 1. The number of hydrogen-bond donors (Lipinski definition) is 0. The average molecular weight is 501 g/mol. The fourth-order valence-electron chi connectivity index (χ4n) is 4.76. The average Bonchev–Trinajstić information content (AvgIpc) is 3.61. The fraction of sp³-hybridized carbons (Fsp3) is 0.370. The van der Waals surface area contributed by atoms with E-state index in [2.05, 4.69) is 20.2 Å². The number of hydrogen-bond acceptors (Lipinski definition) is 8. The van der Waals surface area contributed by atoms with Crippen LogP contribution in [0.1, 0.15) is 66.8 Å². The summed E-state index contributed by atoms with van der Waals surface area (Å²) in [5.41, 5.74) is 3.45. The Bertz CT molecular complexity index is 1490. The first-order chi connectivity index (χ1) is 17.7. The summed E-state index contributed by atoms with van der Waals surface area (Å²) in [6.45, 7) is 7.58. The molecule has 1 aliphatic heterocycles. The first kappa shape index (κ1) is 24.5. The smallest absolute Gasteiger partial charge is 0.244 e. The van der Waals surface area contributed by atoms with Crippen LogP contribution in [0.4, 0.5) is 0 Å². The van der Waals surface area contributed by atoms with Crippen LogP contribution in [0.15, 0.2) is 41.2 Å². The Labute approximate surface area is 213 Å². The van der Waals surface area contributed by atoms with Crippen molar-refractivity contribution in [2.75, 3.05) is 6.54 Å². The molecule has 0 saturated carbocycles. The van der Waals surface area contributed by atoms with Crippen molar-refractivity contribution in [2.45, 2.75) is 58.5 Å². The minimum absolute atomic E-state index is 0.0958. The third-order valence-electron chi connectivity index (χ3n) is 6.84. The molecular formula is C27H28N6O4. The SMILES string of the molecule is CC(=O)c1nn(CC(=O)N2CC(c3cc(C(C)C)no3)CC2C=O)c2ccc(-c3cnc(C)nc3)cc12. The van der Waals surface area contributed by atoms with Crippen molar-refractivity contribution in [1.82, 2.24) is 29.8 Å². The van der Waals surface area contributed by atoms with Gasteiger partial charge in [0.15, 0.2) is 5.78 Å². The maximum atomic E-state index is 13.4. The van der Waals surface area contributed by atoms with Crippen molar-refractivity contribution in [3.63, 3.8) is 0 Å². The van der Waals surface area contributed by atoms with E-state index in [1.54, 1.807) is 17.3 Å². The van der Waals surface area contributed by atoms with Crippen LogP contribution in [0.2, 0.25) is 0 Å². The molecule has 2 atom stereocenters. The Kier molecular flexibility index (Phi) is 6.41. The van der Waals surface area contributed by atoms with E-state index in [1.807, 2.05) is 45.0 Å². The van der Waals surface area contributed by atoms with Crippen molar-refractivity contribution in [3.8, 4) is 11.1 Å². The van der Waals surface area contributed by atoms with Gasteiger partial charge < -0.3 is 14.2 Å². The van der Waals surface area contributed by atoms with Gasteiger partial charge in [-0.2, -0.15) is 5.10 Å². The lowest BCUT2D eigenvalue weighted by atomic mass is 10.0. The largest absolute Gasteiger partial charge is 0.361 e. The normalized spacial score (nSPS) is 17.6. The number of benzene rings is 1. The Morgan fingerprint density at radius 1 is 1.16 bits per heavy atom. The van der Waals surface area contributed by atoms with E-state index in [-0.39, 0.29) is 35.8 Å². The highest BCUT2D eigenvalue weighted by atomic mass is 16.5. The van der Waals surface area contributed by atoms with E-state index in [0.717, 1.165) is 23.1 Å². The maximum absolute atomic E-state index is 13.4. The Hall–Kier alpha value is -4.21. The summed E-state index contributed by atoms with van der Waals surface area (Å²) in [6, 6.07) is 6.93. The molecular weight excluding hydrogens is 472 g/mol. The van der Waals surface area contributed by atoms with Gasteiger partial charge >= 0.3 is 0 Å². The van der Waals surface area contributed by atoms with E-state index in [0.29, 0.717) is 35.5 Å². The van der Waals surface area contributed by atoms with Crippen molar-refractivity contribution < 1.29 is 18.9 Å². The quantitative estimate of drug-likeness (QED) is 0.278. The van der Waals surface area contributed by atoms with Crippen LogP contribution in [0.25, 0.3) is 22.0 Å². The third-order valence-corrected chi connectivity index (χ3v) is 6.84. The van der Waals surface area contributed by atoms with Crippen LogP contribution < -0.4 is 0 Å². The molecule has 0 N–H and O–H groups in total. The Morgan fingerprint density at radius 3 is 2.57 bits per heavy atom. The number of likely N-dealkylation sites (tertiary alicyclic amines) is 1. The van der Waals surface area contributed by atoms with Crippen LogP contribution >= 0.6 is 0 Å². The summed E-state index contributed by atoms with van der Waals surface area (Å²) in [5, 5.41) is 9.23. The monoisotopic (exact) mass is 500 g/mol. The number of amides is 1. The minimum Gasteiger partial charge on any atom is -0.361 e. The molecule has 0 aliphatic carbocycles. The zero-order valence-electron chi connectivity index (χ0n) is 21.2. The van der Waals surface area contributed by atoms with Crippen molar-refractivity contribution in [1.29, 1.82) is 0 Å². The lowest BCUT2D eigenvalue weighted by molar-refractivity contribution is -0.135. The van der Waals surface area contributed by atoms with Crippen LogP contribution in [0.3, 0.4) is 0 Å². The second-order valence-electron chi connectivity index (χ2n) is 9.80. The molecule has 1 fully saturated rings. The van der Waals surface area contributed by atoms with E-state index in [4.69, 9.17) is 4.52 Å². The molecule has 0 spiro atoms. The molecule has 0 radical (unpaired) electrons. The van der Waals surface area contributed by atoms with Gasteiger partial charge in [-0.15, -0.1) is 0 Å². The minimum atomic E-state index is -0.563. The van der Waals surface area contributed by atoms with E-state index in [1.165, 1.54) is 11.6 Å². The molecule has 4 heterocycles. The molecule has 10 heteroatoms. The maximum Gasteiger partial charge on any atom is 0.244 e. The van der Waals surface area contributed by atoms with Gasteiger partial charge in [0.1, 0.15) is 30.1 Å². The molecule has 1 saturated heterocycles. The van der Waals surface area contributed by atoms with Gasteiger partial charge in [0.2, 0.25) is 5.91 Å². The lowest BCUT2D eigenvalue weighted by Crippen LogP contribution is -2.38. The van der Waals surface area contributed by atoms with Gasteiger partial charge in [0, 0.05) is 48.8 Å². The van der Waals surface area contributed by atoms with Crippen LogP contribution in [-0.2, 0) is 16.1 Å². The predicted molar refractivity (Wildman–Crippen MR) is 135 cm³/mol. The van der Waals surface area contributed by atoms with Gasteiger partial charge in [-0.3, -0.25) is 14.3 Å². The van der Waals surface area contributed by atoms with Crippen LogP contribution in [-0.4, -0.2) is 60.4 Å². The highest BCUT2D eigenvalue weighted by molar-refractivity contribution is 6.06. The number of Topliss-reactive ketones (excluding diaryl/α,β-unsaturated/α-hetero) is 1. The summed E-state index contributed by atoms with van der Waals surface area (Å²) < 4.78 is 7.05. The number of nitrogens with zero attached hydrogens (tertiary/aromatic N) is 6. The molecule has 5 rings (SSSR count). The topological polar surface area (TPSA) is 124 Å². The molecule has 0 bridgehead atoms.